The molecule has 0 saturated carbocycles. The Morgan fingerprint density at radius 1 is 1.45 bits per heavy atom. The smallest absolute Gasteiger partial charge is 0.0959 e. The zero-order valence-electron chi connectivity index (χ0n) is 6.48. The summed E-state index contributed by atoms with van der Waals surface area (Å²) >= 11 is 0. The third kappa shape index (κ3) is 2.37. The van der Waals surface area contributed by atoms with E-state index >= 15 is 0 Å². The highest BCUT2D eigenvalue weighted by molar-refractivity contribution is 5.11. The number of rotatable bonds is 3. The maximum absolute atomic E-state index is 8.57. The SMILES string of the molecule is NC1C=CC=CN1CCCO. The maximum Gasteiger partial charge on any atom is 0.0959 e. The van der Waals surface area contributed by atoms with E-state index in [4.69, 9.17) is 10.8 Å². The Balaban J connectivity index is 2.33. The topological polar surface area (TPSA) is 49.5 Å². The van der Waals surface area contributed by atoms with Gasteiger partial charge < -0.3 is 15.7 Å². The monoisotopic (exact) mass is 154 g/mol. The van der Waals surface area contributed by atoms with Crippen molar-refractivity contribution >= 4 is 0 Å². The molecule has 0 saturated heterocycles. The fraction of sp³-hybridized carbons (Fsp3) is 0.500. The van der Waals surface area contributed by atoms with Crippen molar-refractivity contribution in [1.29, 1.82) is 0 Å². The number of nitrogens with zero attached hydrogens (tertiary/aromatic N) is 1. The molecule has 0 amide bonds. The molecule has 1 aliphatic heterocycles. The molecular formula is C8H14N2O. The van der Waals surface area contributed by atoms with E-state index in [0.29, 0.717) is 0 Å². The molecule has 0 aromatic carbocycles. The molecular weight excluding hydrogens is 140 g/mol. The summed E-state index contributed by atoms with van der Waals surface area (Å²) in [7, 11) is 0. The Bertz CT molecular complexity index is 165. The number of aliphatic hydroxyl groups is 1. The van der Waals surface area contributed by atoms with Crippen LogP contribution >= 0.6 is 0 Å². The van der Waals surface area contributed by atoms with Crippen LogP contribution in [0.3, 0.4) is 0 Å². The Hall–Kier alpha value is -0.800. The predicted molar refractivity (Wildman–Crippen MR) is 44.7 cm³/mol. The second-order valence-corrected chi connectivity index (χ2v) is 2.53. The summed E-state index contributed by atoms with van der Waals surface area (Å²) in [5.74, 6) is 0. The van der Waals surface area contributed by atoms with Crippen LogP contribution < -0.4 is 5.73 Å². The van der Waals surface area contributed by atoms with Crippen molar-refractivity contribution in [3.05, 3.63) is 24.4 Å². The molecule has 0 radical (unpaired) electrons. The quantitative estimate of drug-likeness (QED) is 0.603. The number of allylic oxidation sites excluding steroid dienone is 2. The lowest BCUT2D eigenvalue weighted by molar-refractivity contribution is 0.244. The van der Waals surface area contributed by atoms with Gasteiger partial charge in [0.1, 0.15) is 0 Å². The minimum absolute atomic E-state index is 0.0217. The van der Waals surface area contributed by atoms with Crippen molar-refractivity contribution in [3.8, 4) is 0 Å². The average molecular weight is 154 g/mol. The number of aliphatic hydroxyl groups excluding tert-OH is 1. The standard InChI is InChI=1S/C8H14N2O/c9-8-4-1-2-5-10(8)6-3-7-11/h1-2,4-5,8,11H,3,6-7,9H2. The van der Waals surface area contributed by atoms with Crippen LogP contribution in [0.1, 0.15) is 6.42 Å². The molecule has 62 valence electrons. The molecule has 11 heavy (non-hydrogen) atoms. The third-order valence-corrected chi connectivity index (χ3v) is 1.65. The molecule has 0 aromatic heterocycles. The summed E-state index contributed by atoms with van der Waals surface area (Å²) in [5.41, 5.74) is 5.73. The molecule has 1 heterocycles. The molecule has 0 spiro atoms. The van der Waals surface area contributed by atoms with Gasteiger partial charge in [0.25, 0.3) is 0 Å². The maximum atomic E-state index is 8.57. The van der Waals surface area contributed by atoms with Gasteiger partial charge in [-0.05, 0) is 18.6 Å². The lowest BCUT2D eigenvalue weighted by Gasteiger charge is -2.26. The van der Waals surface area contributed by atoms with Crippen LogP contribution in [-0.2, 0) is 0 Å². The first kappa shape index (κ1) is 8.30. The number of nitrogens with two attached hydrogens (primary N) is 1. The molecule has 0 fully saturated rings. The van der Waals surface area contributed by atoms with Crippen LogP contribution in [0, 0.1) is 0 Å². The molecule has 1 atom stereocenters. The summed E-state index contributed by atoms with van der Waals surface area (Å²) in [6.45, 7) is 1.04. The van der Waals surface area contributed by atoms with Gasteiger partial charge in [-0.2, -0.15) is 0 Å². The second-order valence-electron chi connectivity index (χ2n) is 2.53. The van der Waals surface area contributed by atoms with E-state index in [9.17, 15) is 0 Å². The van der Waals surface area contributed by atoms with Crippen molar-refractivity contribution in [1.82, 2.24) is 4.90 Å². The lowest BCUT2D eigenvalue weighted by atomic mass is 10.3. The molecule has 3 N–H and O–H groups in total. The fourth-order valence-electron chi connectivity index (χ4n) is 1.03. The molecule has 0 aliphatic carbocycles. The fourth-order valence-corrected chi connectivity index (χ4v) is 1.03. The van der Waals surface area contributed by atoms with Crippen molar-refractivity contribution in [2.75, 3.05) is 13.2 Å². The van der Waals surface area contributed by atoms with Gasteiger partial charge in [0.05, 0.1) is 6.17 Å². The average Bonchev–Trinajstić information content (AvgIpc) is 2.03. The normalized spacial score (nSPS) is 22.7. The molecule has 0 aromatic rings. The van der Waals surface area contributed by atoms with Crippen LogP contribution in [-0.4, -0.2) is 29.3 Å². The predicted octanol–water partition coefficient (Wildman–Crippen LogP) is 0.0391. The van der Waals surface area contributed by atoms with Gasteiger partial charge in [-0.15, -0.1) is 0 Å². The first-order valence-corrected chi connectivity index (χ1v) is 3.82. The Labute approximate surface area is 66.8 Å². The van der Waals surface area contributed by atoms with Crippen molar-refractivity contribution in [2.45, 2.75) is 12.6 Å². The third-order valence-electron chi connectivity index (χ3n) is 1.65. The van der Waals surface area contributed by atoms with Crippen LogP contribution in [0.4, 0.5) is 0 Å². The van der Waals surface area contributed by atoms with Gasteiger partial charge in [0, 0.05) is 19.4 Å². The van der Waals surface area contributed by atoms with E-state index in [2.05, 4.69) is 0 Å². The van der Waals surface area contributed by atoms with Crippen molar-refractivity contribution in [3.63, 3.8) is 0 Å². The minimum Gasteiger partial charge on any atom is -0.396 e. The first-order chi connectivity index (χ1) is 5.34. The number of hydrogen-bond donors (Lipinski definition) is 2. The highest BCUT2D eigenvalue weighted by Crippen LogP contribution is 2.03. The Kier molecular flexibility index (Phi) is 3.14. The molecule has 1 aliphatic rings. The van der Waals surface area contributed by atoms with Gasteiger partial charge in [0.15, 0.2) is 0 Å². The first-order valence-electron chi connectivity index (χ1n) is 3.82. The molecule has 0 bridgehead atoms. The summed E-state index contributed by atoms with van der Waals surface area (Å²) in [6, 6.07) is 0. The zero-order chi connectivity index (χ0) is 8.10. The Morgan fingerprint density at radius 2 is 2.27 bits per heavy atom. The van der Waals surface area contributed by atoms with E-state index in [1.165, 1.54) is 0 Å². The highest BCUT2D eigenvalue weighted by atomic mass is 16.3. The summed E-state index contributed by atoms with van der Waals surface area (Å²) in [4.78, 5) is 2.00. The molecule has 3 nitrogen and oxygen atoms in total. The summed E-state index contributed by atoms with van der Waals surface area (Å²) < 4.78 is 0. The van der Waals surface area contributed by atoms with E-state index in [1.807, 2.05) is 29.3 Å². The molecule has 1 unspecified atom stereocenters. The zero-order valence-corrected chi connectivity index (χ0v) is 6.48. The largest absolute Gasteiger partial charge is 0.396 e. The summed E-state index contributed by atoms with van der Waals surface area (Å²) in [6.07, 6.45) is 8.50. The molecule has 3 heteroatoms. The van der Waals surface area contributed by atoms with Crippen LogP contribution in [0.15, 0.2) is 24.4 Å². The van der Waals surface area contributed by atoms with Crippen molar-refractivity contribution in [2.24, 2.45) is 5.73 Å². The van der Waals surface area contributed by atoms with Crippen LogP contribution in [0.5, 0.6) is 0 Å². The lowest BCUT2D eigenvalue weighted by Crippen LogP contribution is -2.38. The van der Waals surface area contributed by atoms with Gasteiger partial charge in [-0.3, -0.25) is 0 Å². The Morgan fingerprint density at radius 3 is 2.91 bits per heavy atom. The van der Waals surface area contributed by atoms with Gasteiger partial charge >= 0.3 is 0 Å². The van der Waals surface area contributed by atoms with Crippen molar-refractivity contribution < 1.29 is 5.11 Å². The molecule has 1 rings (SSSR count). The van der Waals surface area contributed by atoms with Gasteiger partial charge in [0.2, 0.25) is 0 Å². The van der Waals surface area contributed by atoms with E-state index < -0.39 is 0 Å². The van der Waals surface area contributed by atoms with E-state index in [0.717, 1.165) is 13.0 Å². The second kappa shape index (κ2) is 4.16. The van der Waals surface area contributed by atoms with E-state index in [-0.39, 0.29) is 12.8 Å². The highest BCUT2D eigenvalue weighted by Gasteiger charge is 2.07. The van der Waals surface area contributed by atoms with E-state index in [1.54, 1.807) is 0 Å². The summed E-state index contributed by atoms with van der Waals surface area (Å²) in [5, 5.41) is 8.57. The number of hydrogen-bond acceptors (Lipinski definition) is 3. The van der Waals surface area contributed by atoms with Gasteiger partial charge in [-0.1, -0.05) is 6.08 Å². The minimum atomic E-state index is -0.0217. The van der Waals surface area contributed by atoms with Crippen LogP contribution in [0.25, 0.3) is 0 Å². The van der Waals surface area contributed by atoms with Crippen LogP contribution in [0.2, 0.25) is 0 Å². The van der Waals surface area contributed by atoms with Gasteiger partial charge in [-0.25, -0.2) is 0 Å².